The van der Waals surface area contributed by atoms with Crippen molar-refractivity contribution in [3.8, 4) is 0 Å². The SMILES string of the molecule is CCCCCC(O[Si](C)(C)C)c1nccs1. The van der Waals surface area contributed by atoms with Crippen LogP contribution in [0, 0.1) is 0 Å². The minimum absolute atomic E-state index is 0.234. The summed E-state index contributed by atoms with van der Waals surface area (Å²) in [7, 11) is -1.47. The highest BCUT2D eigenvalue weighted by Gasteiger charge is 2.23. The quantitative estimate of drug-likeness (QED) is 0.525. The van der Waals surface area contributed by atoms with E-state index >= 15 is 0 Å². The summed E-state index contributed by atoms with van der Waals surface area (Å²) in [6, 6.07) is 0. The Kier molecular flexibility index (Phi) is 5.65. The fourth-order valence-electron chi connectivity index (χ4n) is 1.63. The first-order valence-electron chi connectivity index (χ1n) is 6.10. The van der Waals surface area contributed by atoms with Crippen molar-refractivity contribution in [1.82, 2.24) is 4.98 Å². The third-order valence-electron chi connectivity index (χ3n) is 2.29. The van der Waals surface area contributed by atoms with E-state index in [0.717, 1.165) is 11.4 Å². The molecule has 0 aliphatic heterocycles. The third kappa shape index (κ3) is 5.23. The van der Waals surface area contributed by atoms with E-state index in [-0.39, 0.29) is 6.10 Å². The molecule has 1 heterocycles. The first-order chi connectivity index (χ1) is 7.53. The van der Waals surface area contributed by atoms with E-state index in [1.165, 1.54) is 19.3 Å². The summed E-state index contributed by atoms with van der Waals surface area (Å²) in [4.78, 5) is 4.40. The first-order valence-corrected chi connectivity index (χ1v) is 10.4. The van der Waals surface area contributed by atoms with E-state index in [1.807, 2.05) is 11.6 Å². The highest BCUT2D eigenvalue weighted by Crippen LogP contribution is 2.28. The Balaban J connectivity index is 2.56. The molecule has 1 aromatic heterocycles. The molecule has 0 aliphatic rings. The van der Waals surface area contributed by atoms with Gasteiger partial charge >= 0.3 is 0 Å². The fourth-order valence-corrected chi connectivity index (χ4v) is 3.50. The lowest BCUT2D eigenvalue weighted by Crippen LogP contribution is -2.28. The van der Waals surface area contributed by atoms with Crippen molar-refractivity contribution < 1.29 is 4.43 Å². The van der Waals surface area contributed by atoms with Gasteiger partial charge in [0.15, 0.2) is 8.32 Å². The number of aromatic nitrogens is 1. The van der Waals surface area contributed by atoms with E-state index in [9.17, 15) is 0 Å². The van der Waals surface area contributed by atoms with Crippen LogP contribution in [0.1, 0.15) is 43.7 Å². The van der Waals surface area contributed by atoms with Crippen LogP contribution in [0.5, 0.6) is 0 Å². The summed E-state index contributed by atoms with van der Waals surface area (Å²) < 4.78 is 6.22. The summed E-state index contributed by atoms with van der Waals surface area (Å²) in [5.41, 5.74) is 0. The first kappa shape index (κ1) is 13.9. The lowest BCUT2D eigenvalue weighted by Gasteiger charge is -2.25. The van der Waals surface area contributed by atoms with Crippen molar-refractivity contribution >= 4 is 19.7 Å². The largest absolute Gasteiger partial charge is 0.408 e. The summed E-state index contributed by atoms with van der Waals surface area (Å²) in [6.45, 7) is 8.96. The monoisotopic (exact) mass is 257 g/mol. The molecule has 16 heavy (non-hydrogen) atoms. The predicted molar refractivity (Wildman–Crippen MR) is 73.4 cm³/mol. The van der Waals surface area contributed by atoms with Gasteiger partial charge in [-0.2, -0.15) is 0 Å². The molecule has 0 fully saturated rings. The van der Waals surface area contributed by atoms with Crippen LogP contribution in [0.15, 0.2) is 11.6 Å². The van der Waals surface area contributed by atoms with Crippen LogP contribution < -0.4 is 0 Å². The number of unbranched alkanes of at least 4 members (excludes halogenated alkanes) is 2. The Morgan fingerprint density at radius 1 is 1.38 bits per heavy atom. The molecule has 1 rings (SSSR count). The second-order valence-corrected chi connectivity index (χ2v) is 10.5. The van der Waals surface area contributed by atoms with E-state index in [2.05, 4.69) is 31.5 Å². The molecule has 1 atom stereocenters. The van der Waals surface area contributed by atoms with Gasteiger partial charge in [0.1, 0.15) is 5.01 Å². The second-order valence-electron chi connectivity index (χ2n) is 5.08. The lowest BCUT2D eigenvalue weighted by molar-refractivity contribution is 0.182. The zero-order valence-corrected chi connectivity index (χ0v) is 12.6. The van der Waals surface area contributed by atoms with Crippen molar-refractivity contribution in [3.63, 3.8) is 0 Å². The predicted octanol–water partition coefficient (Wildman–Crippen LogP) is 4.62. The van der Waals surface area contributed by atoms with Gasteiger partial charge in [0.05, 0.1) is 6.10 Å². The molecule has 0 aromatic carbocycles. The molecular formula is C12H23NOSSi. The van der Waals surface area contributed by atoms with Gasteiger partial charge in [-0.25, -0.2) is 4.98 Å². The molecule has 0 saturated carbocycles. The average molecular weight is 257 g/mol. The van der Waals surface area contributed by atoms with Crippen molar-refractivity contribution in [1.29, 1.82) is 0 Å². The van der Waals surface area contributed by atoms with Crippen molar-refractivity contribution in [2.75, 3.05) is 0 Å². The summed E-state index contributed by atoms with van der Waals surface area (Å²) in [5, 5.41) is 3.19. The number of nitrogens with zero attached hydrogens (tertiary/aromatic N) is 1. The summed E-state index contributed by atoms with van der Waals surface area (Å²) in [5.74, 6) is 0. The molecule has 4 heteroatoms. The van der Waals surface area contributed by atoms with Gasteiger partial charge in [0.2, 0.25) is 0 Å². The van der Waals surface area contributed by atoms with Crippen LogP contribution in [0.2, 0.25) is 19.6 Å². The maximum Gasteiger partial charge on any atom is 0.184 e. The molecule has 0 saturated heterocycles. The number of thiazole rings is 1. The maximum atomic E-state index is 6.22. The van der Waals surface area contributed by atoms with Gasteiger partial charge in [-0.15, -0.1) is 11.3 Å². The number of hydrogen-bond acceptors (Lipinski definition) is 3. The van der Waals surface area contributed by atoms with Gasteiger partial charge < -0.3 is 4.43 Å². The van der Waals surface area contributed by atoms with Gasteiger partial charge in [-0.3, -0.25) is 0 Å². The van der Waals surface area contributed by atoms with Crippen LogP contribution in [0.3, 0.4) is 0 Å². The van der Waals surface area contributed by atoms with Crippen LogP contribution in [0.4, 0.5) is 0 Å². The standard InChI is InChI=1S/C12H23NOSSi/c1-5-6-7-8-11(14-16(2,3)4)12-13-9-10-15-12/h9-11H,5-8H2,1-4H3. The molecule has 0 amide bonds. The van der Waals surface area contributed by atoms with Crippen LogP contribution in [0.25, 0.3) is 0 Å². The molecule has 1 unspecified atom stereocenters. The van der Waals surface area contributed by atoms with Crippen LogP contribution >= 0.6 is 11.3 Å². The van der Waals surface area contributed by atoms with E-state index in [4.69, 9.17) is 4.43 Å². The van der Waals surface area contributed by atoms with Crippen LogP contribution in [-0.2, 0) is 4.43 Å². The van der Waals surface area contributed by atoms with Gasteiger partial charge in [0, 0.05) is 11.6 Å². The molecule has 0 spiro atoms. The minimum Gasteiger partial charge on any atom is -0.408 e. The van der Waals surface area contributed by atoms with Crippen molar-refractivity contribution in [3.05, 3.63) is 16.6 Å². The molecule has 2 nitrogen and oxygen atoms in total. The Hall–Kier alpha value is -0.193. The Bertz CT molecular complexity index is 282. The zero-order chi connectivity index (χ0) is 12.0. The normalized spacial score (nSPS) is 14.0. The highest BCUT2D eigenvalue weighted by molar-refractivity contribution is 7.09. The van der Waals surface area contributed by atoms with Crippen molar-refractivity contribution in [2.45, 2.75) is 58.4 Å². The summed E-state index contributed by atoms with van der Waals surface area (Å²) in [6.07, 6.45) is 7.02. The molecule has 0 aliphatic carbocycles. The molecular weight excluding hydrogens is 234 g/mol. The topological polar surface area (TPSA) is 22.1 Å². The van der Waals surface area contributed by atoms with E-state index in [0.29, 0.717) is 0 Å². The Morgan fingerprint density at radius 2 is 2.12 bits per heavy atom. The number of rotatable bonds is 7. The van der Waals surface area contributed by atoms with Gasteiger partial charge in [-0.05, 0) is 26.1 Å². The molecule has 0 radical (unpaired) electrons. The average Bonchev–Trinajstić information content (AvgIpc) is 2.67. The Morgan fingerprint density at radius 3 is 2.62 bits per heavy atom. The molecule has 1 aromatic rings. The van der Waals surface area contributed by atoms with E-state index in [1.54, 1.807) is 11.3 Å². The van der Waals surface area contributed by atoms with Gasteiger partial charge in [-0.1, -0.05) is 26.2 Å². The lowest BCUT2D eigenvalue weighted by atomic mass is 10.1. The summed E-state index contributed by atoms with van der Waals surface area (Å²) >= 11 is 1.72. The molecule has 92 valence electrons. The third-order valence-corrected chi connectivity index (χ3v) is 4.15. The fraction of sp³-hybridized carbons (Fsp3) is 0.750. The maximum absolute atomic E-state index is 6.22. The Labute approximate surface area is 104 Å². The highest BCUT2D eigenvalue weighted by atomic mass is 32.1. The smallest absolute Gasteiger partial charge is 0.184 e. The van der Waals surface area contributed by atoms with E-state index < -0.39 is 8.32 Å². The van der Waals surface area contributed by atoms with Crippen molar-refractivity contribution in [2.24, 2.45) is 0 Å². The second kappa shape index (κ2) is 6.52. The zero-order valence-electron chi connectivity index (χ0n) is 10.8. The van der Waals surface area contributed by atoms with Crippen LogP contribution in [-0.4, -0.2) is 13.3 Å². The van der Waals surface area contributed by atoms with Gasteiger partial charge in [0.25, 0.3) is 0 Å². The number of hydrogen-bond donors (Lipinski definition) is 0. The molecule has 0 N–H and O–H groups in total. The molecule has 0 bridgehead atoms. The minimum atomic E-state index is -1.47.